The lowest BCUT2D eigenvalue weighted by atomic mass is 10.3. The number of aromatic nitrogens is 1. The Morgan fingerprint density at radius 1 is 1.43 bits per heavy atom. The van der Waals surface area contributed by atoms with Crippen molar-refractivity contribution in [1.29, 1.82) is 0 Å². The van der Waals surface area contributed by atoms with Crippen LogP contribution in [0, 0.1) is 0 Å². The predicted octanol–water partition coefficient (Wildman–Crippen LogP) is 0.243. The van der Waals surface area contributed by atoms with Gasteiger partial charge in [-0.25, -0.2) is 14.6 Å². The molecule has 0 aliphatic rings. The van der Waals surface area contributed by atoms with Crippen LogP contribution in [0.15, 0.2) is 18.3 Å². The van der Waals surface area contributed by atoms with Gasteiger partial charge in [-0.1, -0.05) is 0 Å². The van der Waals surface area contributed by atoms with Crippen molar-refractivity contribution in [3.8, 4) is 5.75 Å². The van der Waals surface area contributed by atoms with E-state index in [1.165, 1.54) is 12.3 Å². The van der Waals surface area contributed by atoms with Crippen molar-refractivity contribution in [2.75, 3.05) is 6.61 Å². The largest absolute Gasteiger partial charge is 0.482 e. The second-order valence-corrected chi connectivity index (χ2v) is 2.36. The molecule has 0 radical (unpaired) electrons. The summed E-state index contributed by atoms with van der Waals surface area (Å²) < 4.78 is 4.76. The topological polar surface area (TPSA) is 96.7 Å². The first-order chi connectivity index (χ1) is 6.59. The second kappa shape index (κ2) is 4.22. The molecule has 0 unspecified atom stereocenters. The van der Waals surface area contributed by atoms with E-state index in [9.17, 15) is 9.59 Å². The Labute approximate surface area is 78.8 Å². The maximum atomic E-state index is 10.5. The Hall–Kier alpha value is -2.11. The fourth-order valence-corrected chi connectivity index (χ4v) is 0.763. The van der Waals surface area contributed by atoms with E-state index < -0.39 is 18.5 Å². The Morgan fingerprint density at radius 2 is 2.14 bits per heavy atom. The molecule has 0 bridgehead atoms. The number of carboxylic acids is 2. The minimum atomic E-state index is -1.19. The molecule has 1 aromatic rings. The van der Waals surface area contributed by atoms with E-state index in [1.807, 2.05) is 0 Å². The summed E-state index contributed by atoms with van der Waals surface area (Å²) in [5.41, 5.74) is -0.187. The number of carbonyl (C=O) groups is 2. The molecule has 0 saturated carbocycles. The van der Waals surface area contributed by atoms with E-state index in [0.717, 1.165) is 6.07 Å². The quantitative estimate of drug-likeness (QED) is 0.717. The van der Waals surface area contributed by atoms with Crippen LogP contribution >= 0.6 is 0 Å². The monoisotopic (exact) mass is 197 g/mol. The molecule has 1 rings (SSSR count). The molecule has 6 nitrogen and oxygen atoms in total. The zero-order valence-corrected chi connectivity index (χ0v) is 7.01. The van der Waals surface area contributed by atoms with Gasteiger partial charge in [0.25, 0.3) is 0 Å². The first-order valence-corrected chi connectivity index (χ1v) is 3.63. The van der Waals surface area contributed by atoms with Crippen LogP contribution in [-0.2, 0) is 4.79 Å². The highest BCUT2D eigenvalue weighted by Gasteiger charge is 2.06. The first kappa shape index (κ1) is 9.97. The van der Waals surface area contributed by atoms with Crippen molar-refractivity contribution in [1.82, 2.24) is 4.98 Å². The number of rotatable bonds is 4. The van der Waals surface area contributed by atoms with E-state index in [1.54, 1.807) is 0 Å². The maximum absolute atomic E-state index is 10.5. The Bertz CT molecular complexity index is 363. The second-order valence-electron chi connectivity index (χ2n) is 2.36. The molecule has 0 spiro atoms. The minimum absolute atomic E-state index is 0.166. The number of aromatic carboxylic acids is 1. The van der Waals surface area contributed by atoms with Crippen molar-refractivity contribution in [3.63, 3.8) is 0 Å². The van der Waals surface area contributed by atoms with Crippen LogP contribution < -0.4 is 4.74 Å². The first-order valence-electron chi connectivity index (χ1n) is 3.63. The summed E-state index contributed by atoms with van der Waals surface area (Å²) in [6, 6.07) is 2.54. The molecule has 0 fully saturated rings. The van der Waals surface area contributed by atoms with Crippen molar-refractivity contribution in [2.24, 2.45) is 0 Å². The molecule has 0 aliphatic heterocycles. The molecular formula is C8H7NO5. The van der Waals surface area contributed by atoms with Gasteiger partial charge in [-0.15, -0.1) is 0 Å². The molecule has 0 aliphatic carbocycles. The maximum Gasteiger partial charge on any atom is 0.354 e. The van der Waals surface area contributed by atoms with Gasteiger partial charge in [0, 0.05) is 12.3 Å². The number of nitrogens with zero attached hydrogens (tertiary/aromatic N) is 1. The Kier molecular flexibility index (Phi) is 3.01. The van der Waals surface area contributed by atoms with Crippen molar-refractivity contribution < 1.29 is 24.5 Å². The van der Waals surface area contributed by atoms with Gasteiger partial charge in [-0.05, 0) is 6.07 Å². The number of hydrogen-bond donors (Lipinski definition) is 2. The zero-order chi connectivity index (χ0) is 10.6. The Balaban J connectivity index is 2.73. The van der Waals surface area contributed by atoms with Crippen LogP contribution in [0.3, 0.4) is 0 Å². The number of carboxylic acid groups (broad SMARTS) is 2. The summed E-state index contributed by atoms with van der Waals surface area (Å²) in [6.07, 6.45) is 1.24. The highest BCUT2D eigenvalue weighted by Crippen LogP contribution is 2.10. The smallest absolute Gasteiger partial charge is 0.354 e. The molecule has 1 aromatic heterocycles. The molecule has 0 atom stereocenters. The van der Waals surface area contributed by atoms with Crippen LogP contribution in [0.25, 0.3) is 0 Å². The zero-order valence-electron chi connectivity index (χ0n) is 7.01. The van der Waals surface area contributed by atoms with Crippen LogP contribution in [0.1, 0.15) is 10.5 Å². The van der Waals surface area contributed by atoms with Gasteiger partial charge >= 0.3 is 11.9 Å². The summed E-state index contributed by atoms with van der Waals surface area (Å²) in [5.74, 6) is -2.15. The molecule has 14 heavy (non-hydrogen) atoms. The molecule has 74 valence electrons. The average molecular weight is 197 g/mol. The van der Waals surface area contributed by atoms with Gasteiger partial charge in [0.15, 0.2) is 12.3 Å². The van der Waals surface area contributed by atoms with Gasteiger partial charge in [0.05, 0.1) is 0 Å². The Morgan fingerprint density at radius 3 is 2.71 bits per heavy atom. The van der Waals surface area contributed by atoms with Crippen molar-refractivity contribution in [2.45, 2.75) is 0 Å². The van der Waals surface area contributed by atoms with Crippen LogP contribution in [-0.4, -0.2) is 33.7 Å². The van der Waals surface area contributed by atoms with Gasteiger partial charge in [0.2, 0.25) is 0 Å². The molecule has 0 saturated heterocycles. The fraction of sp³-hybridized carbons (Fsp3) is 0.125. The van der Waals surface area contributed by atoms with Crippen LogP contribution in [0.2, 0.25) is 0 Å². The summed E-state index contributed by atoms with van der Waals surface area (Å²) in [4.78, 5) is 24.1. The van der Waals surface area contributed by atoms with Gasteiger partial charge in [-0.3, -0.25) is 0 Å². The molecule has 2 N–H and O–H groups in total. The lowest BCUT2D eigenvalue weighted by Gasteiger charge is -2.02. The van der Waals surface area contributed by atoms with Crippen molar-refractivity contribution in [3.05, 3.63) is 24.0 Å². The average Bonchev–Trinajstić information content (AvgIpc) is 2.15. The molecule has 0 aromatic carbocycles. The summed E-state index contributed by atoms with van der Waals surface area (Å²) >= 11 is 0. The third kappa shape index (κ3) is 2.74. The van der Waals surface area contributed by atoms with Gasteiger partial charge < -0.3 is 14.9 Å². The van der Waals surface area contributed by atoms with E-state index in [0.29, 0.717) is 0 Å². The highest BCUT2D eigenvalue weighted by molar-refractivity contribution is 5.85. The van der Waals surface area contributed by atoms with E-state index in [4.69, 9.17) is 14.9 Å². The van der Waals surface area contributed by atoms with Crippen LogP contribution in [0.5, 0.6) is 5.75 Å². The number of aliphatic carboxylic acids is 1. The summed E-state index contributed by atoms with van der Waals surface area (Å²) in [7, 11) is 0. The molecule has 0 amide bonds. The van der Waals surface area contributed by atoms with Gasteiger partial charge in [-0.2, -0.15) is 0 Å². The number of hydrogen-bond acceptors (Lipinski definition) is 4. The van der Waals surface area contributed by atoms with Gasteiger partial charge in [0.1, 0.15) is 5.75 Å². The standard InChI is InChI=1S/C8H7NO5/c10-7(11)4-14-5-1-2-9-6(3-5)8(12)13/h1-3H,4H2,(H,10,11)(H,12,13). The molecule has 1 heterocycles. The third-order valence-corrected chi connectivity index (χ3v) is 1.31. The van der Waals surface area contributed by atoms with Crippen molar-refractivity contribution >= 4 is 11.9 Å². The molecular weight excluding hydrogens is 190 g/mol. The number of pyridine rings is 1. The normalized spacial score (nSPS) is 9.43. The van der Waals surface area contributed by atoms with E-state index >= 15 is 0 Å². The lowest BCUT2D eigenvalue weighted by molar-refractivity contribution is -0.139. The summed E-state index contributed by atoms with van der Waals surface area (Å²) in [5, 5.41) is 16.8. The van der Waals surface area contributed by atoms with E-state index in [2.05, 4.69) is 4.98 Å². The van der Waals surface area contributed by atoms with Crippen LogP contribution in [0.4, 0.5) is 0 Å². The minimum Gasteiger partial charge on any atom is -0.482 e. The summed E-state index contributed by atoms with van der Waals surface area (Å²) in [6.45, 7) is -0.511. The molecule has 6 heteroatoms. The highest BCUT2D eigenvalue weighted by atomic mass is 16.5. The third-order valence-electron chi connectivity index (χ3n) is 1.31. The fourth-order valence-electron chi connectivity index (χ4n) is 0.763. The number of ether oxygens (including phenoxy) is 1. The lowest BCUT2D eigenvalue weighted by Crippen LogP contribution is -2.10. The van der Waals surface area contributed by atoms with E-state index in [-0.39, 0.29) is 11.4 Å². The SMILES string of the molecule is O=C(O)COc1ccnc(C(=O)O)c1. The predicted molar refractivity (Wildman–Crippen MR) is 44.3 cm³/mol.